The molecule has 0 bridgehead atoms. The van der Waals surface area contributed by atoms with Crippen molar-refractivity contribution >= 4 is 0 Å². The summed E-state index contributed by atoms with van der Waals surface area (Å²) < 4.78 is 0. The molecule has 2 nitrogen and oxygen atoms in total. The summed E-state index contributed by atoms with van der Waals surface area (Å²) in [5.74, 6) is 1.78. The van der Waals surface area contributed by atoms with Gasteiger partial charge in [0, 0.05) is 19.1 Å². The molecular formula is C13H26N2. The smallest absolute Gasteiger partial charge is 0.00793 e. The summed E-state index contributed by atoms with van der Waals surface area (Å²) in [5, 5.41) is 0. The van der Waals surface area contributed by atoms with Crippen LogP contribution in [0.1, 0.15) is 45.4 Å². The number of nitrogens with two attached hydrogens (primary N) is 1. The van der Waals surface area contributed by atoms with E-state index in [0.717, 1.165) is 11.8 Å². The van der Waals surface area contributed by atoms with E-state index in [1.165, 1.54) is 58.2 Å². The van der Waals surface area contributed by atoms with Gasteiger partial charge in [0.15, 0.2) is 0 Å². The Kier molecular flexibility index (Phi) is 4.04. The number of nitrogens with zero attached hydrogens (tertiary/aromatic N) is 1. The molecule has 2 saturated carbocycles. The molecule has 2 heteroatoms. The summed E-state index contributed by atoms with van der Waals surface area (Å²) in [7, 11) is 0. The van der Waals surface area contributed by atoms with Crippen LogP contribution in [0.25, 0.3) is 0 Å². The fourth-order valence-corrected chi connectivity index (χ4v) is 3.00. The van der Waals surface area contributed by atoms with Gasteiger partial charge in [-0.05, 0) is 44.1 Å². The van der Waals surface area contributed by atoms with Gasteiger partial charge in [0.2, 0.25) is 0 Å². The highest BCUT2D eigenvalue weighted by atomic mass is 15.1. The van der Waals surface area contributed by atoms with E-state index in [1.807, 2.05) is 0 Å². The van der Waals surface area contributed by atoms with Crippen LogP contribution in [-0.4, -0.2) is 30.6 Å². The van der Waals surface area contributed by atoms with Crippen molar-refractivity contribution in [3.63, 3.8) is 0 Å². The van der Waals surface area contributed by atoms with E-state index in [1.54, 1.807) is 0 Å². The molecule has 0 spiro atoms. The van der Waals surface area contributed by atoms with Gasteiger partial charge in [-0.25, -0.2) is 0 Å². The molecule has 2 rings (SSSR count). The van der Waals surface area contributed by atoms with Gasteiger partial charge in [-0.2, -0.15) is 0 Å². The predicted molar refractivity (Wildman–Crippen MR) is 64.8 cm³/mol. The monoisotopic (exact) mass is 210 g/mol. The van der Waals surface area contributed by atoms with Crippen LogP contribution in [0, 0.1) is 11.8 Å². The van der Waals surface area contributed by atoms with E-state index < -0.39 is 0 Å². The van der Waals surface area contributed by atoms with Crippen molar-refractivity contribution in [2.45, 2.75) is 51.5 Å². The van der Waals surface area contributed by atoms with E-state index in [-0.39, 0.29) is 0 Å². The molecule has 0 amide bonds. The van der Waals surface area contributed by atoms with Gasteiger partial charge in [-0.3, -0.25) is 0 Å². The fraction of sp³-hybridized carbons (Fsp3) is 1.00. The number of rotatable bonds is 5. The molecule has 2 fully saturated rings. The quantitative estimate of drug-likeness (QED) is 0.754. The summed E-state index contributed by atoms with van der Waals surface area (Å²) >= 11 is 0. The highest BCUT2D eigenvalue weighted by Gasteiger charge is 2.27. The molecule has 0 heterocycles. The largest absolute Gasteiger partial charge is 0.327 e. The third-order valence-corrected chi connectivity index (χ3v) is 4.40. The summed E-state index contributed by atoms with van der Waals surface area (Å²) in [5.41, 5.74) is 6.13. The molecule has 0 aromatic heterocycles. The minimum atomic E-state index is 0.487. The molecule has 2 aliphatic rings. The minimum Gasteiger partial charge on any atom is -0.327 e. The van der Waals surface area contributed by atoms with Crippen molar-refractivity contribution in [3.8, 4) is 0 Å². The van der Waals surface area contributed by atoms with Gasteiger partial charge < -0.3 is 10.6 Å². The van der Waals surface area contributed by atoms with Crippen LogP contribution in [0.15, 0.2) is 0 Å². The lowest BCUT2D eigenvalue weighted by molar-refractivity contribution is 0.160. The van der Waals surface area contributed by atoms with E-state index in [0.29, 0.717) is 6.04 Å². The predicted octanol–water partition coefficient (Wildman–Crippen LogP) is 2.24. The maximum Gasteiger partial charge on any atom is 0.00793 e. The van der Waals surface area contributed by atoms with Gasteiger partial charge in [0.1, 0.15) is 0 Å². The van der Waals surface area contributed by atoms with Crippen LogP contribution in [0.4, 0.5) is 0 Å². The molecule has 2 N–H and O–H groups in total. The lowest BCUT2D eigenvalue weighted by Crippen LogP contribution is -2.39. The molecule has 0 aromatic rings. The lowest BCUT2D eigenvalue weighted by Gasteiger charge is -2.33. The molecule has 15 heavy (non-hydrogen) atoms. The molecule has 2 aliphatic carbocycles. The Balaban J connectivity index is 1.73. The molecule has 88 valence electrons. The molecule has 2 unspecified atom stereocenters. The molecule has 0 saturated heterocycles. The van der Waals surface area contributed by atoms with Gasteiger partial charge in [-0.1, -0.05) is 19.8 Å². The van der Waals surface area contributed by atoms with E-state index >= 15 is 0 Å². The van der Waals surface area contributed by atoms with E-state index in [2.05, 4.69) is 11.8 Å². The third-order valence-electron chi connectivity index (χ3n) is 4.40. The standard InChI is InChI=1S/C13H26N2/c1-2-15(9-11-5-3-6-11)10-12-7-4-8-13(12)14/h11-13H,2-10,14H2,1H3. The van der Waals surface area contributed by atoms with Gasteiger partial charge in [-0.15, -0.1) is 0 Å². The average molecular weight is 210 g/mol. The van der Waals surface area contributed by atoms with Crippen LogP contribution in [-0.2, 0) is 0 Å². The van der Waals surface area contributed by atoms with E-state index in [9.17, 15) is 0 Å². The molecule has 0 aromatic carbocycles. The minimum absolute atomic E-state index is 0.487. The van der Waals surface area contributed by atoms with Crippen molar-refractivity contribution in [3.05, 3.63) is 0 Å². The first-order valence-electron chi connectivity index (χ1n) is 6.77. The maximum absolute atomic E-state index is 6.13. The summed E-state index contributed by atoms with van der Waals surface area (Å²) in [6.45, 7) is 6.09. The Morgan fingerprint density at radius 2 is 1.80 bits per heavy atom. The van der Waals surface area contributed by atoms with Gasteiger partial charge >= 0.3 is 0 Å². The van der Waals surface area contributed by atoms with Crippen molar-refractivity contribution < 1.29 is 0 Å². The normalized spacial score (nSPS) is 32.2. The first-order valence-corrected chi connectivity index (χ1v) is 6.77. The SMILES string of the molecule is CCN(CC1CCC1)CC1CCCC1N. The lowest BCUT2D eigenvalue weighted by atomic mass is 9.85. The summed E-state index contributed by atoms with van der Waals surface area (Å²) in [6, 6.07) is 0.487. The number of hydrogen-bond donors (Lipinski definition) is 1. The average Bonchev–Trinajstić information content (AvgIpc) is 2.56. The third kappa shape index (κ3) is 2.94. The molecule has 2 atom stereocenters. The van der Waals surface area contributed by atoms with Crippen LogP contribution >= 0.6 is 0 Å². The second-order valence-corrected chi connectivity index (χ2v) is 5.50. The first-order chi connectivity index (χ1) is 7.29. The van der Waals surface area contributed by atoms with Crippen molar-refractivity contribution in [1.82, 2.24) is 4.90 Å². The van der Waals surface area contributed by atoms with Crippen LogP contribution in [0.5, 0.6) is 0 Å². The van der Waals surface area contributed by atoms with Crippen LogP contribution in [0.2, 0.25) is 0 Å². The molecular weight excluding hydrogens is 184 g/mol. The topological polar surface area (TPSA) is 29.3 Å². The highest BCUT2D eigenvalue weighted by molar-refractivity contribution is 4.83. The van der Waals surface area contributed by atoms with Gasteiger partial charge in [0.25, 0.3) is 0 Å². The summed E-state index contributed by atoms with van der Waals surface area (Å²) in [4.78, 5) is 2.64. The Morgan fingerprint density at radius 3 is 2.27 bits per heavy atom. The highest BCUT2D eigenvalue weighted by Crippen LogP contribution is 2.29. The van der Waals surface area contributed by atoms with Crippen molar-refractivity contribution in [1.29, 1.82) is 0 Å². The Bertz CT molecular complexity index is 189. The maximum atomic E-state index is 6.13. The van der Waals surface area contributed by atoms with E-state index in [4.69, 9.17) is 5.73 Å². The second-order valence-electron chi connectivity index (χ2n) is 5.50. The Hall–Kier alpha value is -0.0800. The van der Waals surface area contributed by atoms with Gasteiger partial charge in [0.05, 0.1) is 0 Å². The number of hydrogen-bond acceptors (Lipinski definition) is 2. The first kappa shape index (κ1) is 11.4. The zero-order valence-electron chi connectivity index (χ0n) is 10.1. The van der Waals surface area contributed by atoms with Crippen LogP contribution in [0.3, 0.4) is 0 Å². The van der Waals surface area contributed by atoms with Crippen LogP contribution < -0.4 is 5.73 Å². The second kappa shape index (κ2) is 5.31. The van der Waals surface area contributed by atoms with Crippen molar-refractivity contribution in [2.24, 2.45) is 17.6 Å². The summed E-state index contributed by atoms with van der Waals surface area (Å²) in [6.07, 6.45) is 8.37. The molecule has 0 aliphatic heterocycles. The van der Waals surface area contributed by atoms with Crippen molar-refractivity contribution in [2.75, 3.05) is 19.6 Å². The molecule has 0 radical (unpaired) electrons. The zero-order chi connectivity index (χ0) is 10.7. The Morgan fingerprint density at radius 1 is 1.07 bits per heavy atom. The fourth-order valence-electron chi connectivity index (χ4n) is 3.00. The Labute approximate surface area is 94.2 Å². The zero-order valence-corrected chi connectivity index (χ0v) is 10.1.